The van der Waals surface area contributed by atoms with Gasteiger partial charge in [0, 0.05) is 26.2 Å². The summed E-state index contributed by atoms with van der Waals surface area (Å²) in [5, 5.41) is 0. The van der Waals surface area contributed by atoms with Crippen LogP contribution in [-0.2, 0) is 9.53 Å². The highest BCUT2D eigenvalue weighted by molar-refractivity contribution is 5.82. The second-order valence-electron chi connectivity index (χ2n) is 7.03. The van der Waals surface area contributed by atoms with E-state index in [9.17, 15) is 9.59 Å². The van der Waals surface area contributed by atoms with E-state index in [0.717, 1.165) is 0 Å². The van der Waals surface area contributed by atoms with Crippen LogP contribution >= 0.6 is 0 Å². The highest BCUT2D eigenvalue weighted by Crippen LogP contribution is 2.13. The molecule has 0 aliphatic carbocycles. The van der Waals surface area contributed by atoms with Gasteiger partial charge < -0.3 is 20.3 Å². The Morgan fingerprint density at radius 3 is 2.00 bits per heavy atom. The number of piperazine rings is 1. The molecule has 1 saturated heterocycles. The van der Waals surface area contributed by atoms with E-state index in [-0.39, 0.29) is 12.0 Å². The van der Waals surface area contributed by atoms with Crippen LogP contribution in [0.15, 0.2) is 0 Å². The SMILES string of the molecule is CC(C)CC(N)C(=O)N1CCN(C(=O)OC(C)(C)C)CC1. The number of amides is 2. The molecule has 0 radical (unpaired) electrons. The van der Waals surface area contributed by atoms with Crippen LogP contribution in [0.2, 0.25) is 0 Å². The number of nitrogens with zero attached hydrogens (tertiary/aromatic N) is 2. The fraction of sp³-hybridized carbons (Fsp3) is 0.867. The van der Waals surface area contributed by atoms with Crippen molar-refractivity contribution in [3.63, 3.8) is 0 Å². The molecule has 21 heavy (non-hydrogen) atoms. The predicted octanol–water partition coefficient (Wildman–Crippen LogP) is 1.44. The van der Waals surface area contributed by atoms with E-state index < -0.39 is 11.6 Å². The normalized spacial score (nSPS) is 17.9. The monoisotopic (exact) mass is 299 g/mol. The van der Waals surface area contributed by atoms with Crippen molar-refractivity contribution >= 4 is 12.0 Å². The maximum atomic E-state index is 12.2. The first-order valence-corrected chi connectivity index (χ1v) is 7.62. The van der Waals surface area contributed by atoms with Crippen molar-refractivity contribution in [3.05, 3.63) is 0 Å². The molecule has 6 nitrogen and oxygen atoms in total. The number of hydrogen-bond donors (Lipinski definition) is 1. The van der Waals surface area contributed by atoms with Gasteiger partial charge in [0.25, 0.3) is 0 Å². The third-order valence-corrected chi connectivity index (χ3v) is 3.29. The fourth-order valence-corrected chi connectivity index (χ4v) is 2.28. The van der Waals surface area contributed by atoms with Crippen molar-refractivity contribution in [1.29, 1.82) is 0 Å². The summed E-state index contributed by atoms with van der Waals surface area (Å²) < 4.78 is 5.33. The fourth-order valence-electron chi connectivity index (χ4n) is 2.28. The van der Waals surface area contributed by atoms with Crippen LogP contribution in [0.5, 0.6) is 0 Å². The van der Waals surface area contributed by atoms with Crippen LogP contribution in [0.25, 0.3) is 0 Å². The minimum absolute atomic E-state index is 0.0208. The van der Waals surface area contributed by atoms with E-state index >= 15 is 0 Å². The van der Waals surface area contributed by atoms with E-state index in [1.54, 1.807) is 9.80 Å². The van der Waals surface area contributed by atoms with Crippen LogP contribution in [0, 0.1) is 5.92 Å². The van der Waals surface area contributed by atoms with Crippen LogP contribution in [0.3, 0.4) is 0 Å². The van der Waals surface area contributed by atoms with Gasteiger partial charge in [0.1, 0.15) is 5.60 Å². The molecule has 1 aliphatic heterocycles. The summed E-state index contributed by atoms with van der Waals surface area (Å²) in [6, 6.07) is -0.446. The zero-order chi connectivity index (χ0) is 16.2. The van der Waals surface area contributed by atoms with Crippen molar-refractivity contribution in [3.8, 4) is 0 Å². The molecule has 6 heteroatoms. The topological polar surface area (TPSA) is 75.9 Å². The van der Waals surface area contributed by atoms with Crippen molar-refractivity contribution in [1.82, 2.24) is 9.80 Å². The Morgan fingerprint density at radius 2 is 1.57 bits per heavy atom. The van der Waals surface area contributed by atoms with Gasteiger partial charge in [0.05, 0.1) is 6.04 Å². The van der Waals surface area contributed by atoms with Gasteiger partial charge in [-0.3, -0.25) is 4.79 Å². The first kappa shape index (κ1) is 17.8. The molecule has 1 atom stereocenters. The van der Waals surface area contributed by atoms with Crippen LogP contribution < -0.4 is 5.73 Å². The lowest BCUT2D eigenvalue weighted by Crippen LogP contribution is -2.55. The summed E-state index contributed by atoms with van der Waals surface area (Å²) in [5.41, 5.74) is 5.43. The summed E-state index contributed by atoms with van der Waals surface area (Å²) in [6.45, 7) is 11.7. The first-order valence-electron chi connectivity index (χ1n) is 7.62. The molecule has 2 N–H and O–H groups in total. The Hall–Kier alpha value is -1.30. The minimum atomic E-state index is -0.496. The van der Waals surface area contributed by atoms with Gasteiger partial charge in [-0.2, -0.15) is 0 Å². The Balaban J connectivity index is 2.45. The summed E-state index contributed by atoms with van der Waals surface area (Å²) in [5.74, 6) is 0.375. The number of carbonyl (C=O) groups excluding carboxylic acids is 2. The molecule has 0 aromatic heterocycles. The third-order valence-electron chi connectivity index (χ3n) is 3.29. The zero-order valence-electron chi connectivity index (χ0n) is 13.9. The van der Waals surface area contributed by atoms with Crippen LogP contribution in [-0.4, -0.2) is 59.6 Å². The Kier molecular flexibility index (Phi) is 6.01. The van der Waals surface area contributed by atoms with E-state index in [0.29, 0.717) is 38.5 Å². The zero-order valence-corrected chi connectivity index (χ0v) is 13.9. The van der Waals surface area contributed by atoms with E-state index in [1.807, 2.05) is 34.6 Å². The Labute approximate surface area is 127 Å². The second kappa shape index (κ2) is 7.11. The molecular formula is C15H29N3O3. The molecule has 0 bridgehead atoms. The number of carbonyl (C=O) groups is 2. The van der Waals surface area contributed by atoms with Gasteiger partial charge in [-0.15, -0.1) is 0 Å². The quantitative estimate of drug-likeness (QED) is 0.855. The maximum absolute atomic E-state index is 12.2. The summed E-state index contributed by atoms with van der Waals surface area (Å²) >= 11 is 0. The molecule has 2 amide bonds. The number of nitrogens with two attached hydrogens (primary N) is 1. The average molecular weight is 299 g/mol. The highest BCUT2D eigenvalue weighted by Gasteiger charge is 2.29. The first-order chi connectivity index (χ1) is 9.60. The van der Waals surface area contributed by atoms with Gasteiger partial charge >= 0.3 is 6.09 Å². The highest BCUT2D eigenvalue weighted by atomic mass is 16.6. The second-order valence-corrected chi connectivity index (χ2v) is 7.03. The molecule has 0 aromatic rings. The van der Waals surface area contributed by atoms with E-state index in [1.165, 1.54) is 0 Å². The Morgan fingerprint density at radius 1 is 1.10 bits per heavy atom. The Bertz CT molecular complexity index is 369. The molecule has 1 aliphatic rings. The summed E-state index contributed by atoms with van der Waals surface area (Å²) in [6.07, 6.45) is 0.367. The lowest BCUT2D eigenvalue weighted by molar-refractivity contribution is -0.134. The van der Waals surface area contributed by atoms with Crippen molar-refractivity contribution in [2.24, 2.45) is 11.7 Å². The van der Waals surface area contributed by atoms with Gasteiger partial charge in [-0.25, -0.2) is 4.79 Å². The third kappa shape index (κ3) is 5.91. The number of ether oxygens (including phenoxy) is 1. The molecule has 1 heterocycles. The molecule has 1 rings (SSSR count). The van der Waals surface area contributed by atoms with Gasteiger partial charge in [0.15, 0.2) is 0 Å². The molecule has 1 unspecified atom stereocenters. The van der Waals surface area contributed by atoms with Gasteiger partial charge in [-0.1, -0.05) is 13.8 Å². The molecular weight excluding hydrogens is 270 g/mol. The molecule has 122 valence electrons. The van der Waals surface area contributed by atoms with Gasteiger partial charge in [0.2, 0.25) is 5.91 Å². The molecule has 0 spiro atoms. The lowest BCUT2D eigenvalue weighted by atomic mass is 10.0. The van der Waals surface area contributed by atoms with Crippen molar-refractivity contribution in [2.45, 2.75) is 52.7 Å². The van der Waals surface area contributed by atoms with E-state index in [4.69, 9.17) is 10.5 Å². The largest absolute Gasteiger partial charge is 0.444 e. The van der Waals surface area contributed by atoms with Crippen molar-refractivity contribution in [2.75, 3.05) is 26.2 Å². The average Bonchev–Trinajstić information content (AvgIpc) is 2.35. The predicted molar refractivity (Wildman–Crippen MR) is 81.8 cm³/mol. The van der Waals surface area contributed by atoms with Crippen molar-refractivity contribution < 1.29 is 14.3 Å². The standard InChI is InChI=1S/C15H29N3O3/c1-11(2)10-12(16)13(19)17-6-8-18(9-7-17)14(20)21-15(3,4)5/h11-12H,6-10,16H2,1-5H3. The van der Waals surface area contributed by atoms with Crippen LogP contribution in [0.1, 0.15) is 41.0 Å². The lowest BCUT2D eigenvalue weighted by Gasteiger charge is -2.36. The minimum Gasteiger partial charge on any atom is -0.444 e. The molecule has 0 saturated carbocycles. The smallest absolute Gasteiger partial charge is 0.410 e. The number of hydrogen-bond acceptors (Lipinski definition) is 4. The summed E-state index contributed by atoms with van der Waals surface area (Å²) in [7, 11) is 0. The van der Waals surface area contributed by atoms with Gasteiger partial charge in [-0.05, 0) is 33.1 Å². The van der Waals surface area contributed by atoms with Crippen LogP contribution in [0.4, 0.5) is 4.79 Å². The summed E-state index contributed by atoms with van der Waals surface area (Å²) in [4.78, 5) is 27.5. The molecule has 1 fully saturated rings. The van der Waals surface area contributed by atoms with E-state index in [2.05, 4.69) is 0 Å². The maximum Gasteiger partial charge on any atom is 0.410 e. The number of rotatable bonds is 3. The molecule has 0 aromatic carbocycles.